The fraction of sp³-hybridized carbons (Fsp3) is 0.273. The van der Waals surface area contributed by atoms with Crippen molar-refractivity contribution in [3.8, 4) is 6.07 Å². The van der Waals surface area contributed by atoms with E-state index in [2.05, 4.69) is 11.4 Å². The van der Waals surface area contributed by atoms with Gasteiger partial charge in [-0.2, -0.15) is 5.26 Å². The van der Waals surface area contributed by atoms with Gasteiger partial charge in [0.2, 0.25) is 0 Å². The Bertz CT molecular complexity index is 1100. The number of amides is 1. The zero-order valence-corrected chi connectivity index (χ0v) is 17.0. The van der Waals surface area contributed by atoms with Gasteiger partial charge in [-0.15, -0.1) is 0 Å². The molecule has 0 saturated carbocycles. The summed E-state index contributed by atoms with van der Waals surface area (Å²) in [6, 6.07) is 8.75. The molecule has 0 unspecified atom stereocenters. The van der Waals surface area contributed by atoms with Gasteiger partial charge in [-0.3, -0.25) is 4.79 Å². The number of halogens is 2. The van der Waals surface area contributed by atoms with Crippen LogP contribution in [0.1, 0.15) is 41.1 Å². The molecule has 2 aromatic heterocycles. The molecule has 8 heteroatoms. The van der Waals surface area contributed by atoms with Crippen molar-refractivity contribution >= 4 is 11.7 Å². The van der Waals surface area contributed by atoms with Crippen LogP contribution in [0.25, 0.3) is 0 Å². The van der Waals surface area contributed by atoms with Gasteiger partial charge < -0.3 is 19.6 Å². The quantitative estimate of drug-likeness (QED) is 0.624. The number of quaternary nitrogens is 1. The van der Waals surface area contributed by atoms with Crippen LogP contribution >= 0.6 is 0 Å². The molecule has 1 atom stereocenters. The minimum absolute atomic E-state index is 0.00682. The molecule has 0 aliphatic rings. The highest BCUT2D eigenvalue weighted by Gasteiger charge is 2.22. The number of aromatic nitrogens is 1. The van der Waals surface area contributed by atoms with E-state index in [4.69, 9.17) is 4.42 Å². The molecule has 0 fully saturated rings. The summed E-state index contributed by atoms with van der Waals surface area (Å²) < 4.78 is 34.3. The van der Waals surface area contributed by atoms with Crippen LogP contribution in [0.5, 0.6) is 0 Å². The predicted molar refractivity (Wildman–Crippen MR) is 107 cm³/mol. The summed E-state index contributed by atoms with van der Waals surface area (Å²) in [6.07, 6.45) is 1.56. The highest BCUT2D eigenvalue weighted by molar-refractivity contribution is 5.92. The van der Waals surface area contributed by atoms with E-state index in [0.29, 0.717) is 29.2 Å². The van der Waals surface area contributed by atoms with Crippen molar-refractivity contribution in [3.63, 3.8) is 0 Å². The molecule has 2 heterocycles. The second-order valence-corrected chi connectivity index (χ2v) is 7.15. The summed E-state index contributed by atoms with van der Waals surface area (Å²) >= 11 is 0. The molecule has 0 bridgehead atoms. The van der Waals surface area contributed by atoms with E-state index < -0.39 is 11.6 Å². The number of nitrogens with two attached hydrogens (primary N) is 1. The van der Waals surface area contributed by atoms with Gasteiger partial charge in [0.1, 0.15) is 35.3 Å². The van der Waals surface area contributed by atoms with Gasteiger partial charge in [0.05, 0.1) is 18.4 Å². The van der Waals surface area contributed by atoms with Crippen molar-refractivity contribution in [1.82, 2.24) is 4.57 Å². The minimum Gasteiger partial charge on any atom is -0.467 e. The number of hydrogen-bond acceptors (Lipinski definition) is 3. The number of benzene rings is 1. The van der Waals surface area contributed by atoms with Gasteiger partial charge in [-0.05, 0) is 50.6 Å². The third kappa shape index (κ3) is 4.42. The number of furan rings is 1. The lowest BCUT2D eigenvalue weighted by atomic mass is 10.1. The zero-order chi connectivity index (χ0) is 21.8. The number of nitriles is 1. The smallest absolute Gasteiger partial charge is 0.280 e. The van der Waals surface area contributed by atoms with Crippen LogP contribution in [0.15, 0.2) is 41.0 Å². The first-order valence-corrected chi connectivity index (χ1v) is 9.52. The van der Waals surface area contributed by atoms with Gasteiger partial charge in [-0.25, -0.2) is 8.78 Å². The SMILES string of the molecule is Cc1c(C#N)c(NC(=O)C[NH2+][C@@H](C)c2ccc(F)cc2F)n(Cc2ccco2)c1C. The Kier molecular flexibility index (Phi) is 6.33. The molecule has 156 valence electrons. The fourth-order valence-electron chi connectivity index (χ4n) is 3.35. The zero-order valence-electron chi connectivity index (χ0n) is 17.0. The number of carbonyl (C=O) groups excluding carboxylic acids is 1. The van der Waals surface area contributed by atoms with Crippen LogP contribution in [-0.2, 0) is 11.3 Å². The molecule has 3 aromatic rings. The summed E-state index contributed by atoms with van der Waals surface area (Å²) in [5, 5.41) is 14.0. The summed E-state index contributed by atoms with van der Waals surface area (Å²) in [4.78, 5) is 12.6. The molecule has 6 nitrogen and oxygen atoms in total. The van der Waals surface area contributed by atoms with Crippen LogP contribution in [0.2, 0.25) is 0 Å². The molecule has 0 spiro atoms. The monoisotopic (exact) mass is 413 g/mol. The maximum absolute atomic E-state index is 13.9. The Morgan fingerprint density at radius 3 is 2.73 bits per heavy atom. The van der Waals surface area contributed by atoms with Gasteiger partial charge in [0.15, 0.2) is 6.54 Å². The molecule has 0 radical (unpaired) electrons. The molecule has 30 heavy (non-hydrogen) atoms. The number of nitrogens with one attached hydrogen (secondary N) is 1. The topological polar surface area (TPSA) is 87.6 Å². The molecular formula is C22H23F2N4O2+. The van der Waals surface area contributed by atoms with E-state index in [-0.39, 0.29) is 18.5 Å². The molecule has 0 aliphatic carbocycles. The van der Waals surface area contributed by atoms with Crippen molar-refractivity contribution < 1.29 is 23.3 Å². The summed E-state index contributed by atoms with van der Waals surface area (Å²) in [7, 11) is 0. The van der Waals surface area contributed by atoms with Crippen molar-refractivity contribution in [3.05, 3.63) is 76.4 Å². The lowest BCUT2D eigenvalue weighted by molar-refractivity contribution is -0.682. The third-order valence-electron chi connectivity index (χ3n) is 5.20. The summed E-state index contributed by atoms with van der Waals surface area (Å²) in [6.45, 7) is 5.82. The van der Waals surface area contributed by atoms with E-state index >= 15 is 0 Å². The van der Waals surface area contributed by atoms with Gasteiger partial charge in [0, 0.05) is 17.3 Å². The molecule has 1 aromatic carbocycles. The van der Waals surface area contributed by atoms with E-state index in [1.165, 1.54) is 12.1 Å². The third-order valence-corrected chi connectivity index (χ3v) is 5.20. The van der Waals surface area contributed by atoms with E-state index in [1.54, 1.807) is 24.6 Å². The first kappa shape index (κ1) is 21.3. The largest absolute Gasteiger partial charge is 0.467 e. The standard InChI is InChI=1S/C22H22F2N4O2/c1-13-15(3)28(12-17-5-4-8-30-17)22(19(13)10-25)27-21(29)11-26-14(2)18-7-6-16(23)9-20(18)24/h4-9,14,26H,11-12H2,1-3H3,(H,27,29)/p+1/t14-/m0/s1. The highest BCUT2D eigenvalue weighted by atomic mass is 19.1. The average Bonchev–Trinajstić information content (AvgIpc) is 3.29. The predicted octanol–water partition coefficient (Wildman–Crippen LogP) is 3.16. The molecule has 3 N–H and O–H groups in total. The highest BCUT2D eigenvalue weighted by Crippen LogP contribution is 2.27. The van der Waals surface area contributed by atoms with E-state index in [9.17, 15) is 18.8 Å². The van der Waals surface area contributed by atoms with Crippen LogP contribution in [0, 0.1) is 36.8 Å². The van der Waals surface area contributed by atoms with Crippen LogP contribution < -0.4 is 10.6 Å². The molecule has 1 amide bonds. The number of hydrogen-bond donors (Lipinski definition) is 2. The maximum Gasteiger partial charge on any atom is 0.280 e. The van der Waals surface area contributed by atoms with E-state index in [0.717, 1.165) is 17.3 Å². The second kappa shape index (κ2) is 8.93. The maximum atomic E-state index is 13.9. The van der Waals surface area contributed by atoms with Crippen molar-refractivity contribution in [1.29, 1.82) is 5.26 Å². The van der Waals surface area contributed by atoms with Crippen LogP contribution in [0.4, 0.5) is 14.6 Å². The van der Waals surface area contributed by atoms with Gasteiger partial charge in [0.25, 0.3) is 5.91 Å². The molecular weight excluding hydrogens is 390 g/mol. The van der Waals surface area contributed by atoms with Gasteiger partial charge in [-0.1, -0.05) is 0 Å². The lowest BCUT2D eigenvalue weighted by Gasteiger charge is -2.14. The average molecular weight is 413 g/mol. The number of anilines is 1. The molecule has 0 saturated heterocycles. The minimum atomic E-state index is -0.649. The molecule has 3 rings (SSSR count). The lowest BCUT2D eigenvalue weighted by Crippen LogP contribution is -2.86. The second-order valence-electron chi connectivity index (χ2n) is 7.15. The fourth-order valence-corrected chi connectivity index (χ4v) is 3.35. The number of nitrogens with zero attached hydrogens (tertiary/aromatic N) is 2. The van der Waals surface area contributed by atoms with Crippen molar-refractivity contribution in [2.24, 2.45) is 0 Å². The number of carbonyl (C=O) groups is 1. The van der Waals surface area contributed by atoms with Crippen LogP contribution in [-0.4, -0.2) is 17.0 Å². The Balaban J connectivity index is 1.74. The Morgan fingerprint density at radius 2 is 2.10 bits per heavy atom. The van der Waals surface area contributed by atoms with Crippen molar-refractivity contribution in [2.75, 3.05) is 11.9 Å². The van der Waals surface area contributed by atoms with Crippen LogP contribution in [0.3, 0.4) is 0 Å². The number of rotatable bonds is 7. The first-order valence-electron chi connectivity index (χ1n) is 9.52. The first-order chi connectivity index (χ1) is 14.3. The molecule has 0 aliphatic heterocycles. The normalized spacial score (nSPS) is 11.9. The Morgan fingerprint density at radius 1 is 1.33 bits per heavy atom. The summed E-state index contributed by atoms with van der Waals surface area (Å²) in [5.74, 6) is -0.528. The summed E-state index contributed by atoms with van der Waals surface area (Å²) in [5.41, 5.74) is 2.34. The van der Waals surface area contributed by atoms with E-state index in [1.807, 2.05) is 24.5 Å². The van der Waals surface area contributed by atoms with Crippen molar-refractivity contribution in [2.45, 2.75) is 33.4 Å². The Labute approximate surface area is 173 Å². The van der Waals surface area contributed by atoms with Gasteiger partial charge >= 0.3 is 0 Å². The Hall–Kier alpha value is -3.44.